The molecule has 1 aromatic carbocycles. The van der Waals surface area contributed by atoms with Crippen LogP contribution in [0.4, 0.5) is 11.4 Å². The number of sulfonamides is 1. The molecule has 1 aromatic rings. The van der Waals surface area contributed by atoms with Crippen LogP contribution in [-0.4, -0.2) is 44.9 Å². The Kier molecular flexibility index (Phi) is 5.94. The normalized spacial score (nSPS) is 11.0. The highest BCUT2D eigenvalue weighted by Crippen LogP contribution is 2.25. The Morgan fingerprint density at radius 2 is 2.00 bits per heavy atom. The predicted molar refractivity (Wildman–Crippen MR) is 77.0 cm³/mol. The van der Waals surface area contributed by atoms with Crippen molar-refractivity contribution in [2.75, 3.05) is 29.5 Å². The molecule has 0 saturated heterocycles. The molecule has 0 atom stereocenters. The Hall–Kier alpha value is -1.84. The van der Waals surface area contributed by atoms with Gasteiger partial charge in [-0.3, -0.25) is 9.52 Å². The second-order valence-corrected chi connectivity index (χ2v) is 6.16. The SMILES string of the molecule is CS(=O)(=O)Nc1ccc(Cl)c(NC(=O)COCC(=O)O)c1. The molecule has 10 heteroatoms. The summed E-state index contributed by atoms with van der Waals surface area (Å²) in [4.78, 5) is 21.7. The Balaban J connectivity index is 2.71. The van der Waals surface area contributed by atoms with Gasteiger partial charge < -0.3 is 15.2 Å². The standard InChI is InChI=1S/C11H13ClN2O6S/c1-21(18,19)14-7-2-3-8(12)9(4-7)13-10(15)5-20-6-11(16)17/h2-4,14H,5-6H2,1H3,(H,13,15)(H,16,17). The molecule has 0 aliphatic heterocycles. The van der Waals surface area contributed by atoms with Crippen molar-refractivity contribution in [2.24, 2.45) is 0 Å². The average molecular weight is 337 g/mol. The second-order valence-electron chi connectivity index (χ2n) is 4.00. The van der Waals surface area contributed by atoms with E-state index in [4.69, 9.17) is 16.7 Å². The van der Waals surface area contributed by atoms with Gasteiger partial charge in [0.05, 0.1) is 22.7 Å². The van der Waals surface area contributed by atoms with Crippen LogP contribution in [0.1, 0.15) is 0 Å². The van der Waals surface area contributed by atoms with Crippen molar-refractivity contribution < 1.29 is 27.9 Å². The quantitative estimate of drug-likeness (QED) is 0.675. The summed E-state index contributed by atoms with van der Waals surface area (Å²) in [5.74, 6) is -1.81. The highest BCUT2D eigenvalue weighted by Gasteiger charge is 2.10. The van der Waals surface area contributed by atoms with Crippen molar-refractivity contribution in [3.8, 4) is 0 Å². The monoisotopic (exact) mass is 336 g/mol. The van der Waals surface area contributed by atoms with Crippen LogP contribution in [0.3, 0.4) is 0 Å². The lowest BCUT2D eigenvalue weighted by Crippen LogP contribution is -2.21. The second kappa shape index (κ2) is 7.25. The summed E-state index contributed by atoms with van der Waals surface area (Å²) in [5.41, 5.74) is 0.401. The van der Waals surface area contributed by atoms with E-state index in [-0.39, 0.29) is 16.4 Å². The third-order valence-corrected chi connectivity index (χ3v) is 2.94. The summed E-state index contributed by atoms with van der Waals surface area (Å²) in [7, 11) is -3.45. The molecule has 0 radical (unpaired) electrons. The number of aliphatic carboxylic acids is 1. The topological polar surface area (TPSA) is 122 Å². The van der Waals surface area contributed by atoms with Gasteiger partial charge in [-0.2, -0.15) is 0 Å². The number of carbonyl (C=O) groups excluding carboxylic acids is 1. The molecule has 0 aromatic heterocycles. The van der Waals surface area contributed by atoms with Crippen molar-refractivity contribution in [1.82, 2.24) is 0 Å². The van der Waals surface area contributed by atoms with Gasteiger partial charge >= 0.3 is 5.97 Å². The lowest BCUT2D eigenvalue weighted by Gasteiger charge is -2.10. The van der Waals surface area contributed by atoms with Gasteiger partial charge in [-0.1, -0.05) is 11.6 Å². The number of benzene rings is 1. The molecule has 0 heterocycles. The fourth-order valence-corrected chi connectivity index (χ4v) is 2.04. The van der Waals surface area contributed by atoms with Crippen LogP contribution < -0.4 is 10.0 Å². The summed E-state index contributed by atoms with van der Waals surface area (Å²) in [6.45, 7) is -1.07. The van der Waals surface area contributed by atoms with Gasteiger partial charge in [-0.25, -0.2) is 13.2 Å². The van der Waals surface area contributed by atoms with E-state index in [2.05, 4.69) is 14.8 Å². The van der Waals surface area contributed by atoms with E-state index in [0.717, 1.165) is 6.26 Å². The Morgan fingerprint density at radius 3 is 2.57 bits per heavy atom. The first kappa shape index (κ1) is 17.2. The molecule has 0 spiro atoms. The van der Waals surface area contributed by atoms with E-state index in [0.29, 0.717) is 0 Å². The summed E-state index contributed by atoms with van der Waals surface area (Å²) >= 11 is 5.87. The molecule has 1 amide bonds. The summed E-state index contributed by atoms with van der Waals surface area (Å²) in [6, 6.07) is 4.17. The van der Waals surface area contributed by atoms with Gasteiger partial charge in [0.1, 0.15) is 13.2 Å². The number of carboxylic acids is 1. The fraction of sp³-hybridized carbons (Fsp3) is 0.273. The van der Waals surface area contributed by atoms with E-state index in [1.807, 2.05) is 0 Å². The highest BCUT2D eigenvalue weighted by molar-refractivity contribution is 7.92. The van der Waals surface area contributed by atoms with E-state index in [1.165, 1.54) is 18.2 Å². The van der Waals surface area contributed by atoms with E-state index in [1.54, 1.807) is 0 Å². The van der Waals surface area contributed by atoms with Gasteiger partial charge in [0.15, 0.2) is 0 Å². The maximum Gasteiger partial charge on any atom is 0.329 e. The van der Waals surface area contributed by atoms with Crippen LogP contribution in [-0.2, 0) is 24.3 Å². The molecule has 0 fully saturated rings. The van der Waals surface area contributed by atoms with Crippen LogP contribution in [0.2, 0.25) is 5.02 Å². The highest BCUT2D eigenvalue weighted by atomic mass is 35.5. The fourth-order valence-electron chi connectivity index (χ4n) is 1.32. The van der Waals surface area contributed by atoms with Crippen molar-refractivity contribution in [1.29, 1.82) is 0 Å². The number of hydrogen-bond acceptors (Lipinski definition) is 5. The van der Waals surface area contributed by atoms with Gasteiger partial charge in [0, 0.05) is 0 Å². The van der Waals surface area contributed by atoms with Crippen LogP contribution in [0.25, 0.3) is 0 Å². The minimum atomic E-state index is -3.45. The first-order chi connectivity index (χ1) is 9.67. The van der Waals surface area contributed by atoms with E-state index < -0.39 is 35.1 Å². The third-order valence-electron chi connectivity index (χ3n) is 2.00. The summed E-state index contributed by atoms with van der Waals surface area (Å²) in [6.07, 6.45) is 0.986. The first-order valence-corrected chi connectivity index (χ1v) is 7.81. The van der Waals surface area contributed by atoms with Crippen molar-refractivity contribution in [3.63, 3.8) is 0 Å². The lowest BCUT2D eigenvalue weighted by molar-refractivity contribution is -0.143. The number of nitrogens with one attached hydrogen (secondary N) is 2. The molecular formula is C11H13ClN2O6S. The van der Waals surface area contributed by atoms with Gasteiger partial charge in [-0.05, 0) is 18.2 Å². The van der Waals surface area contributed by atoms with Gasteiger partial charge in [0.25, 0.3) is 0 Å². The summed E-state index contributed by atoms with van der Waals surface area (Å²) in [5, 5.41) is 10.9. The lowest BCUT2D eigenvalue weighted by atomic mass is 10.3. The molecular weight excluding hydrogens is 324 g/mol. The number of rotatable bonds is 7. The Bertz CT molecular complexity index is 646. The molecule has 0 aliphatic carbocycles. The van der Waals surface area contributed by atoms with Crippen molar-refractivity contribution >= 4 is 44.9 Å². The maximum absolute atomic E-state index is 11.5. The zero-order valence-corrected chi connectivity index (χ0v) is 12.5. The number of amides is 1. The van der Waals surface area contributed by atoms with Crippen LogP contribution in [0.15, 0.2) is 18.2 Å². The van der Waals surface area contributed by atoms with Crippen molar-refractivity contribution in [2.45, 2.75) is 0 Å². The molecule has 21 heavy (non-hydrogen) atoms. The predicted octanol–water partition coefficient (Wildman–Crippen LogP) is 0.751. The van der Waals surface area contributed by atoms with Gasteiger partial charge in [-0.15, -0.1) is 0 Å². The van der Waals surface area contributed by atoms with Crippen molar-refractivity contribution in [3.05, 3.63) is 23.2 Å². The largest absolute Gasteiger partial charge is 0.480 e. The molecule has 0 bridgehead atoms. The van der Waals surface area contributed by atoms with Crippen LogP contribution >= 0.6 is 11.6 Å². The Labute approximate surface area is 126 Å². The molecule has 1 rings (SSSR count). The smallest absolute Gasteiger partial charge is 0.329 e. The third kappa shape index (κ3) is 6.93. The zero-order chi connectivity index (χ0) is 16.0. The maximum atomic E-state index is 11.5. The molecule has 0 aliphatic rings. The number of halogens is 1. The average Bonchev–Trinajstić information content (AvgIpc) is 2.31. The number of carbonyl (C=O) groups is 2. The van der Waals surface area contributed by atoms with Crippen LogP contribution in [0, 0.1) is 0 Å². The van der Waals surface area contributed by atoms with Crippen LogP contribution in [0.5, 0.6) is 0 Å². The van der Waals surface area contributed by atoms with Gasteiger partial charge in [0.2, 0.25) is 15.9 Å². The number of carboxylic acid groups (broad SMARTS) is 1. The minimum Gasteiger partial charge on any atom is -0.480 e. The molecule has 0 saturated carbocycles. The molecule has 3 N–H and O–H groups in total. The molecule has 116 valence electrons. The van der Waals surface area contributed by atoms with E-state index >= 15 is 0 Å². The first-order valence-electron chi connectivity index (χ1n) is 5.54. The summed E-state index contributed by atoms with van der Waals surface area (Å²) < 4.78 is 29.1. The Morgan fingerprint density at radius 1 is 1.33 bits per heavy atom. The molecule has 8 nitrogen and oxygen atoms in total. The number of hydrogen-bond donors (Lipinski definition) is 3. The van der Waals surface area contributed by atoms with E-state index in [9.17, 15) is 18.0 Å². The molecule has 0 unspecified atom stereocenters. The zero-order valence-electron chi connectivity index (χ0n) is 10.9. The number of ether oxygens (including phenoxy) is 1. The minimum absolute atomic E-state index is 0.175. The number of anilines is 2.